The fourth-order valence-corrected chi connectivity index (χ4v) is 7.38. The van der Waals surface area contributed by atoms with Crippen LogP contribution in [0, 0.1) is 0 Å². The number of carbonyl (C=O) groups excluding carboxylic acids is 2. The van der Waals surface area contributed by atoms with E-state index in [1.165, 1.54) is 102 Å². The highest BCUT2D eigenvalue weighted by Gasteiger charge is 2.36. The second kappa shape index (κ2) is 20.8. The van der Waals surface area contributed by atoms with E-state index >= 15 is 0 Å². The van der Waals surface area contributed by atoms with Crippen LogP contribution in [0.25, 0.3) is 0 Å². The van der Waals surface area contributed by atoms with Crippen molar-refractivity contribution >= 4 is 21.4 Å². The van der Waals surface area contributed by atoms with Crippen LogP contribution in [-0.4, -0.2) is 20.0 Å². The van der Waals surface area contributed by atoms with Gasteiger partial charge in [-0.1, -0.05) is 148 Å². The third-order valence-corrected chi connectivity index (χ3v) is 10.1. The number of benzene rings is 1. The van der Waals surface area contributed by atoms with Gasteiger partial charge in [0.2, 0.25) is 15.6 Å². The molecule has 0 aliphatic heterocycles. The van der Waals surface area contributed by atoms with Crippen LogP contribution in [0.2, 0.25) is 0 Å². The van der Waals surface area contributed by atoms with Gasteiger partial charge in [-0.3, -0.25) is 9.59 Å². The van der Waals surface area contributed by atoms with Crippen LogP contribution < -0.4 is 0 Å². The summed E-state index contributed by atoms with van der Waals surface area (Å²) in [6, 6.07) is 8.09. The van der Waals surface area contributed by atoms with Gasteiger partial charge in [-0.15, -0.1) is 0 Å². The van der Waals surface area contributed by atoms with E-state index in [4.69, 9.17) is 0 Å². The molecule has 0 spiro atoms. The van der Waals surface area contributed by atoms with Crippen molar-refractivity contribution in [1.29, 1.82) is 0 Å². The Hall–Kier alpha value is -2.01. The summed E-state index contributed by atoms with van der Waals surface area (Å²) in [7, 11) is -4.07. The van der Waals surface area contributed by atoms with Crippen molar-refractivity contribution in [2.24, 2.45) is 0 Å². The molecule has 0 saturated carbocycles. The number of sulfone groups is 1. The molecule has 0 aromatic heterocycles. The number of rotatable bonds is 24. The number of unbranched alkanes of at least 4 members (excludes halogenated alkanes) is 18. The van der Waals surface area contributed by atoms with Gasteiger partial charge >= 0.3 is 0 Å². The third kappa shape index (κ3) is 12.8. The van der Waals surface area contributed by atoms with Crippen molar-refractivity contribution < 1.29 is 18.0 Å². The van der Waals surface area contributed by atoms with Gasteiger partial charge in [0.25, 0.3) is 0 Å². The van der Waals surface area contributed by atoms with E-state index in [1.54, 1.807) is 18.2 Å². The summed E-state index contributed by atoms with van der Waals surface area (Å²) in [5, 5.41) is 0. The summed E-state index contributed by atoms with van der Waals surface area (Å²) in [4.78, 5) is 26.7. The highest BCUT2D eigenvalue weighted by Crippen LogP contribution is 2.33. The Kier molecular flexibility index (Phi) is 17.9. The molecule has 0 unspecified atom stereocenters. The van der Waals surface area contributed by atoms with Gasteiger partial charge in [0.15, 0.2) is 5.78 Å². The van der Waals surface area contributed by atoms with E-state index in [9.17, 15) is 18.0 Å². The van der Waals surface area contributed by atoms with Gasteiger partial charge < -0.3 is 0 Å². The van der Waals surface area contributed by atoms with Crippen molar-refractivity contribution in [1.82, 2.24) is 0 Å². The first-order chi connectivity index (χ1) is 19.9. The molecule has 1 aliphatic rings. The van der Waals surface area contributed by atoms with Gasteiger partial charge in [-0.05, 0) is 43.9 Å². The fourth-order valence-electron chi connectivity index (χ4n) is 5.72. The fraction of sp³-hybridized carbons (Fsp3) is 0.667. The minimum atomic E-state index is -4.07. The predicted octanol–water partition coefficient (Wildman–Crippen LogP) is 10.4. The highest BCUT2D eigenvalue weighted by molar-refractivity contribution is 7.96. The van der Waals surface area contributed by atoms with Crippen molar-refractivity contribution in [3.8, 4) is 0 Å². The van der Waals surface area contributed by atoms with Crippen LogP contribution >= 0.6 is 0 Å². The number of allylic oxidation sites excluding steroid dienone is 4. The van der Waals surface area contributed by atoms with Gasteiger partial charge in [0.05, 0.1) is 4.90 Å². The Morgan fingerprint density at radius 1 is 0.537 bits per heavy atom. The second-order valence-corrected chi connectivity index (χ2v) is 13.7. The minimum absolute atomic E-state index is 0.0805. The van der Waals surface area contributed by atoms with Gasteiger partial charge in [0.1, 0.15) is 4.91 Å². The number of carbonyl (C=O) groups is 2. The first-order valence-corrected chi connectivity index (χ1v) is 18.2. The second-order valence-electron chi connectivity index (χ2n) is 11.9. The average Bonchev–Trinajstić information content (AvgIpc) is 2.97. The maximum Gasteiger partial charge on any atom is 0.210 e. The van der Waals surface area contributed by atoms with Crippen LogP contribution in [0.5, 0.6) is 0 Å². The molecule has 1 aromatic carbocycles. The molecular formula is C36H56O4S. The molecule has 0 radical (unpaired) electrons. The van der Waals surface area contributed by atoms with E-state index in [-0.39, 0.29) is 21.2 Å². The van der Waals surface area contributed by atoms with E-state index in [0.717, 1.165) is 44.9 Å². The highest BCUT2D eigenvalue weighted by atomic mass is 32.2. The number of ketones is 2. The van der Waals surface area contributed by atoms with Crippen molar-refractivity contribution in [3.05, 3.63) is 52.5 Å². The summed E-state index contributed by atoms with van der Waals surface area (Å²) < 4.78 is 27.3. The number of hydrogen-bond donors (Lipinski definition) is 0. The van der Waals surface area contributed by atoms with Gasteiger partial charge in [0, 0.05) is 11.1 Å². The zero-order valence-corrected chi connectivity index (χ0v) is 26.9. The SMILES string of the molecule is CCCCCCCCCCCCC1=CC(=O)C(CCCCCCCCCCCC)=C(S(=O)(=O)c2ccccc2)C1=O. The lowest BCUT2D eigenvalue weighted by molar-refractivity contribution is -0.115. The van der Waals surface area contributed by atoms with Gasteiger partial charge in [-0.25, -0.2) is 8.42 Å². The van der Waals surface area contributed by atoms with Crippen LogP contribution in [0.4, 0.5) is 0 Å². The summed E-state index contributed by atoms with van der Waals surface area (Å²) in [6.07, 6.45) is 25.6. The van der Waals surface area contributed by atoms with Crippen LogP contribution in [0.3, 0.4) is 0 Å². The lowest BCUT2D eigenvalue weighted by Gasteiger charge is -2.20. The van der Waals surface area contributed by atoms with E-state index in [2.05, 4.69) is 13.8 Å². The molecule has 230 valence electrons. The average molecular weight is 585 g/mol. The number of hydrogen-bond acceptors (Lipinski definition) is 4. The maximum atomic E-state index is 13.7. The molecule has 1 aromatic rings. The zero-order valence-electron chi connectivity index (χ0n) is 26.1. The van der Waals surface area contributed by atoms with Crippen LogP contribution in [-0.2, 0) is 19.4 Å². The molecule has 0 amide bonds. The van der Waals surface area contributed by atoms with Crippen molar-refractivity contribution in [3.63, 3.8) is 0 Å². The molecule has 0 saturated heterocycles. The molecule has 0 atom stereocenters. The lowest BCUT2D eigenvalue weighted by atomic mass is 9.90. The van der Waals surface area contributed by atoms with Crippen molar-refractivity contribution in [2.45, 2.75) is 160 Å². The quantitative estimate of drug-likeness (QED) is 0.0895. The molecule has 5 heteroatoms. The Bertz CT molecular complexity index is 1070. The third-order valence-electron chi connectivity index (χ3n) is 8.28. The molecule has 0 bridgehead atoms. The smallest absolute Gasteiger partial charge is 0.210 e. The monoisotopic (exact) mass is 584 g/mol. The van der Waals surface area contributed by atoms with Crippen LogP contribution in [0.1, 0.15) is 155 Å². The van der Waals surface area contributed by atoms with Crippen LogP contribution in [0.15, 0.2) is 57.4 Å². The van der Waals surface area contributed by atoms with Crippen molar-refractivity contribution in [2.75, 3.05) is 0 Å². The molecule has 0 fully saturated rings. The molecule has 4 nitrogen and oxygen atoms in total. The standard InChI is InChI=1S/C36H56O4S/c1-3-5-7-9-11-13-15-17-19-22-26-31-30-34(37)33(29-25-20-18-16-14-12-10-8-6-4-2)36(35(31)38)41(39,40)32-27-23-21-24-28-32/h21,23-24,27-28,30H,3-20,22,25-26,29H2,1-2H3. The molecule has 0 N–H and O–H groups in total. The Morgan fingerprint density at radius 3 is 1.41 bits per heavy atom. The molecular weight excluding hydrogens is 528 g/mol. The molecule has 41 heavy (non-hydrogen) atoms. The molecule has 2 rings (SSSR count). The first-order valence-electron chi connectivity index (χ1n) is 16.8. The lowest BCUT2D eigenvalue weighted by Crippen LogP contribution is -2.25. The maximum absolute atomic E-state index is 13.7. The topological polar surface area (TPSA) is 68.3 Å². The summed E-state index contributed by atoms with van der Waals surface area (Å²) in [6.45, 7) is 4.46. The Morgan fingerprint density at radius 2 is 0.951 bits per heavy atom. The predicted molar refractivity (Wildman–Crippen MR) is 172 cm³/mol. The Labute approximate surface area is 251 Å². The normalized spacial score (nSPS) is 14.1. The van der Waals surface area contributed by atoms with Gasteiger partial charge in [-0.2, -0.15) is 0 Å². The summed E-state index contributed by atoms with van der Waals surface area (Å²) >= 11 is 0. The summed E-state index contributed by atoms with van der Waals surface area (Å²) in [5.74, 6) is -0.761. The molecule has 0 heterocycles. The largest absolute Gasteiger partial charge is 0.290 e. The van der Waals surface area contributed by atoms with E-state index < -0.39 is 15.6 Å². The Balaban J connectivity index is 1.95. The van der Waals surface area contributed by atoms with E-state index in [1.807, 2.05) is 0 Å². The molecule has 1 aliphatic carbocycles. The zero-order chi connectivity index (χ0) is 29.8. The number of Topliss-reactive ketones (excluding diaryl/α,β-unsaturated/α-hetero) is 1. The summed E-state index contributed by atoms with van der Waals surface area (Å²) in [5.41, 5.74) is 0.543. The first kappa shape index (κ1) is 35.2. The minimum Gasteiger partial charge on any atom is -0.290 e. The van der Waals surface area contributed by atoms with E-state index in [0.29, 0.717) is 18.4 Å².